The molecule has 0 radical (unpaired) electrons. The first-order valence-electron chi connectivity index (χ1n) is 11.1. The highest BCUT2D eigenvalue weighted by Crippen LogP contribution is 2.41. The molecule has 1 heterocycles. The van der Waals surface area contributed by atoms with Gasteiger partial charge in [-0.25, -0.2) is 9.59 Å². The van der Waals surface area contributed by atoms with Gasteiger partial charge in [-0.1, -0.05) is 42.5 Å². The molecular weight excluding hydrogens is 470 g/mol. The molecule has 2 atom stereocenters. The van der Waals surface area contributed by atoms with E-state index in [1.165, 1.54) is 22.7 Å². The number of urea groups is 1. The summed E-state index contributed by atoms with van der Waals surface area (Å²) in [5.74, 6) is -1.78. The second-order valence-electron chi connectivity index (χ2n) is 9.00. The van der Waals surface area contributed by atoms with Gasteiger partial charge in [0.25, 0.3) is 0 Å². The van der Waals surface area contributed by atoms with Gasteiger partial charge in [0.05, 0.1) is 6.54 Å². The van der Waals surface area contributed by atoms with Crippen LogP contribution in [-0.4, -0.2) is 52.7 Å². The van der Waals surface area contributed by atoms with E-state index in [4.69, 9.17) is 4.74 Å². The minimum atomic E-state index is -1.23. The van der Waals surface area contributed by atoms with Gasteiger partial charge < -0.3 is 30.2 Å². The molecule has 9 nitrogen and oxygen atoms in total. The van der Waals surface area contributed by atoms with Crippen LogP contribution in [0.1, 0.15) is 37.3 Å². The zero-order valence-corrected chi connectivity index (χ0v) is 20.6. The van der Waals surface area contributed by atoms with Crippen molar-refractivity contribution in [3.05, 3.63) is 65.7 Å². The number of nitrogens with zero attached hydrogens (tertiary/aromatic N) is 1. The second kappa shape index (κ2) is 11.3. The highest BCUT2D eigenvalue weighted by molar-refractivity contribution is 7.99. The predicted octanol–water partition coefficient (Wildman–Crippen LogP) is 2.08. The second-order valence-corrected chi connectivity index (χ2v) is 10.1. The highest BCUT2D eigenvalue weighted by Gasteiger charge is 2.43. The summed E-state index contributed by atoms with van der Waals surface area (Å²) >= 11 is 1.46. The van der Waals surface area contributed by atoms with E-state index in [1.54, 1.807) is 39.0 Å². The summed E-state index contributed by atoms with van der Waals surface area (Å²) < 4.78 is 5.54. The Balaban J connectivity index is 1.69. The van der Waals surface area contributed by atoms with E-state index >= 15 is 0 Å². The Morgan fingerprint density at radius 2 is 1.80 bits per heavy atom. The van der Waals surface area contributed by atoms with Crippen molar-refractivity contribution in [3.8, 4) is 0 Å². The van der Waals surface area contributed by atoms with Gasteiger partial charge in [-0.05, 0) is 44.0 Å². The molecule has 1 aliphatic heterocycles. The molecule has 35 heavy (non-hydrogen) atoms. The van der Waals surface area contributed by atoms with Crippen molar-refractivity contribution in [2.45, 2.75) is 44.2 Å². The molecule has 1 saturated heterocycles. The molecule has 186 valence electrons. The minimum absolute atomic E-state index is 0.283. The highest BCUT2D eigenvalue weighted by atomic mass is 32.2. The molecule has 1 aliphatic rings. The van der Waals surface area contributed by atoms with Crippen molar-refractivity contribution in [1.82, 2.24) is 10.2 Å². The van der Waals surface area contributed by atoms with Crippen LogP contribution in [0.3, 0.4) is 0 Å². The molecular formula is C25H28N3O6S-. The number of carboxylic acids is 1. The third-order valence-corrected chi connectivity index (χ3v) is 6.31. The van der Waals surface area contributed by atoms with Gasteiger partial charge in [0, 0.05) is 23.8 Å². The maximum atomic E-state index is 13.2. The van der Waals surface area contributed by atoms with Crippen LogP contribution in [0.2, 0.25) is 0 Å². The first-order valence-corrected chi connectivity index (χ1v) is 12.1. The van der Waals surface area contributed by atoms with Crippen LogP contribution in [-0.2, 0) is 25.5 Å². The van der Waals surface area contributed by atoms with Gasteiger partial charge in [0.2, 0.25) is 5.91 Å². The Kier molecular flexibility index (Phi) is 8.39. The van der Waals surface area contributed by atoms with Crippen LogP contribution in [0, 0.1) is 0 Å². The number of hydrogen-bond donors (Lipinski definition) is 2. The van der Waals surface area contributed by atoms with Crippen LogP contribution in [0.5, 0.6) is 0 Å². The first kappa shape index (κ1) is 26.1. The minimum Gasteiger partial charge on any atom is -0.550 e. The fourth-order valence-corrected chi connectivity index (χ4v) is 5.02. The number of carboxylic acid groups (broad SMARTS) is 1. The molecule has 0 aliphatic carbocycles. The SMILES string of the molecule is CC(C)(C)OC(=O)C1CSC(c2ccccc2)N1C(=O)CNC(=O)Nc1cccc(CC(=O)[O-])c1. The van der Waals surface area contributed by atoms with Crippen LogP contribution in [0.15, 0.2) is 54.6 Å². The normalized spacial score (nSPS) is 17.5. The number of benzene rings is 2. The van der Waals surface area contributed by atoms with Crippen molar-refractivity contribution >= 4 is 41.3 Å². The number of ether oxygens (including phenoxy) is 1. The molecule has 2 aromatic rings. The Labute approximate surface area is 208 Å². The number of carbonyl (C=O) groups excluding carboxylic acids is 4. The number of rotatable bonds is 7. The van der Waals surface area contributed by atoms with E-state index in [1.807, 2.05) is 30.3 Å². The third-order valence-electron chi connectivity index (χ3n) is 4.99. The lowest BCUT2D eigenvalue weighted by Crippen LogP contribution is -2.49. The number of anilines is 1. The number of esters is 1. The predicted molar refractivity (Wildman–Crippen MR) is 130 cm³/mol. The average molecular weight is 499 g/mol. The van der Waals surface area contributed by atoms with Crippen molar-refractivity contribution in [1.29, 1.82) is 0 Å². The van der Waals surface area contributed by atoms with Crippen molar-refractivity contribution in [3.63, 3.8) is 0 Å². The number of hydrogen-bond acceptors (Lipinski definition) is 7. The molecule has 3 amide bonds. The molecule has 0 spiro atoms. The summed E-state index contributed by atoms with van der Waals surface area (Å²) in [5.41, 5.74) is 1.01. The standard InChI is InChI=1S/C25H29N3O6S/c1-25(2,3)34-23(32)19-15-35-22(17-9-5-4-6-10-17)28(19)20(29)14-26-24(33)27-18-11-7-8-16(12-18)13-21(30)31/h4-12,19,22H,13-15H2,1-3H3,(H,30,31)(H2,26,27,33)/p-1. The molecule has 3 rings (SSSR count). The number of carbonyl (C=O) groups is 4. The summed E-state index contributed by atoms with van der Waals surface area (Å²) in [4.78, 5) is 50.8. The molecule has 10 heteroatoms. The van der Waals surface area contributed by atoms with Gasteiger partial charge in [-0.15, -0.1) is 11.8 Å². The molecule has 2 aromatic carbocycles. The van der Waals surface area contributed by atoms with E-state index in [9.17, 15) is 24.3 Å². The lowest BCUT2D eigenvalue weighted by molar-refractivity contribution is -0.304. The largest absolute Gasteiger partial charge is 0.550 e. The van der Waals surface area contributed by atoms with Gasteiger partial charge in [-0.2, -0.15) is 0 Å². The Bertz CT molecular complexity index is 1090. The first-order chi connectivity index (χ1) is 16.5. The molecule has 0 bridgehead atoms. The lowest BCUT2D eigenvalue weighted by Gasteiger charge is -2.30. The van der Waals surface area contributed by atoms with E-state index in [0.717, 1.165) is 5.56 Å². The monoisotopic (exact) mass is 498 g/mol. The average Bonchev–Trinajstić information content (AvgIpc) is 3.22. The van der Waals surface area contributed by atoms with E-state index in [0.29, 0.717) is 17.0 Å². The van der Waals surface area contributed by atoms with Crippen LogP contribution in [0.25, 0.3) is 0 Å². The number of thioether (sulfide) groups is 1. The Morgan fingerprint density at radius 3 is 2.46 bits per heavy atom. The van der Waals surface area contributed by atoms with Gasteiger partial charge in [-0.3, -0.25) is 4.79 Å². The molecule has 1 fully saturated rings. The Hall–Kier alpha value is -3.53. The summed E-state index contributed by atoms with van der Waals surface area (Å²) in [6, 6.07) is 14.3. The van der Waals surface area contributed by atoms with Crippen LogP contribution < -0.4 is 15.7 Å². The van der Waals surface area contributed by atoms with Crippen molar-refractivity contribution in [2.24, 2.45) is 0 Å². The van der Waals surface area contributed by atoms with Crippen LogP contribution in [0.4, 0.5) is 10.5 Å². The lowest BCUT2D eigenvalue weighted by atomic mass is 10.1. The number of amides is 3. The fraction of sp³-hybridized carbons (Fsp3) is 0.360. The van der Waals surface area contributed by atoms with Gasteiger partial charge >= 0.3 is 12.0 Å². The number of aliphatic carboxylic acids is 1. The van der Waals surface area contributed by atoms with Gasteiger partial charge in [0.1, 0.15) is 17.0 Å². The van der Waals surface area contributed by atoms with E-state index < -0.39 is 40.9 Å². The zero-order chi connectivity index (χ0) is 25.6. The van der Waals surface area contributed by atoms with Gasteiger partial charge in [0.15, 0.2) is 0 Å². The maximum absolute atomic E-state index is 13.2. The summed E-state index contributed by atoms with van der Waals surface area (Å²) in [5, 5.41) is 15.5. The van der Waals surface area contributed by atoms with Crippen molar-refractivity contribution in [2.75, 3.05) is 17.6 Å². The topological polar surface area (TPSA) is 128 Å². The summed E-state index contributed by atoms with van der Waals surface area (Å²) in [7, 11) is 0. The molecule has 2 unspecified atom stereocenters. The maximum Gasteiger partial charge on any atom is 0.330 e. The summed E-state index contributed by atoms with van der Waals surface area (Å²) in [6.07, 6.45) is -0.283. The fourth-order valence-electron chi connectivity index (χ4n) is 3.59. The quantitative estimate of drug-likeness (QED) is 0.560. The summed E-state index contributed by atoms with van der Waals surface area (Å²) in [6.45, 7) is 4.96. The molecule has 0 aromatic heterocycles. The molecule has 0 saturated carbocycles. The van der Waals surface area contributed by atoms with E-state index in [2.05, 4.69) is 10.6 Å². The third kappa shape index (κ3) is 7.48. The smallest absolute Gasteiger partial charge is 0.330 e. The van der Waals surface area contributed by atoms with Crippen LogP contribution >= 0.6 is 11.8 Å². The Morgan fingerprint density at radius 1 is 1.09 bits per heavy atom. The van der Waals surface area contributed by atoms with E-state index in [-0.39, 0.29) is 13.0 Å². The van der Waals surface area contributed by atoms with Crippen molar-refractivity contribution < 1.29 is 29.0 Å². The zero-order valence-electron chi connectivity index (χ0n) is 19.8. The molecule has 2 N–H and O–H groups in total. The number of nitrogens with one attached hydrogen (secondary N) is 2.